The Kier molecular flexibility index (Phi) is 5.97. The quantitative estimate of drug-likeness (QED) is 0.237. The zero-order chi connectivity index (χ0) is 28.4. The second kappa shape index (κ2) is 9.07. The second-order valence-corrected chi connectivity index (χ2v) is 11.9. The smallest absolute Gasteiger partial charge is 0.416 e. The van der Waals surface area contributed by atoms with Crippen molar-refractivity contribution in [3.8, 4) is 0 Å². The molecule has 10 heteroatoms. The molecular formula is C30H25F3N2O4S. The van der Waals surface area contributed by atoms with Crippen LogP contribution in [0, 0.1) is 6.92 Å². The van der Waals surface area contributed by atoms with Crippen LogP contribution < -0.4 is 0 Å². The van der Waals surface area contributed by atoms with E-state index in [2.05, 4.69) is 0 Å². The fraction of sp³-hybridized carbons (Fsp3) is 0.233. The first-order valence-electron chi connectivity index (χ1n) is 12.6. The maximum atomic E-state index is 14.3. The number of carbonyl (C=O) groups excluding carboxylic acids is 1. The van der Waals surface area contributed by atoms with Crippen molar-refractivity contribution in [2.75, 3.05) is 13.7 Å². The molecule has 0 amide bonds. The first-order valence-corrected chi connectivity index (χ1v) is 14.1. The number of halogens is 3. The SMILES string of the molecule is COC(=O)[C@]12C=CCN1[C@@H](c1ccc(C(F)(F)F)cc1)c1c(c3ccccc3n1S(=O)(=O)c1ccc(C)cc1)C2. The number of nitrogens with zero attached hydrogens (tertiary/aromatic N) is 2. The fourth-order valence-corrected chi connectivity index (χ4v) is 7.57. The maximum absolute atomic E-state index is 14.3. The standard InChI is InChI=1S/C30H25F3N2O4S/c1-19-8-14-22(15-9-19)40(37,38)35-25-7-4-3-6-23(25)24-18-29(28(36)39-2)16-5-17-34(29)26(27(24)35)20-10-12-21(13-11-20)30(31,32)33/h3-16,26H,17-18H2,1-2H3/t26-,29+/m0/s1. The summed E-state index contributed by atoms with van der Waals surface area (Å²) >= 11 is 0. The molecule has 1 aromatic heterocycles. The van der Waals surface area contributed by atoms with E-state index in [0.717, 1.165) is 17.7 Å². The Hall–Kier alpha value is -3.89. The van der Waals surface area contributed by atoms with Crippen molar-refractivity contribution in [3.05, 3.63) is 113 Å². The van der Waals surface area contributed by atoms with Crippen molar-refractivity contribution in [1.82, 2.24) is 8.87 Å². The number of benzene rings is 3. The first kappa shape index (κ1) is 26.3. The number of methoxy groups -OCH3 is 1. The van der Waals surface area contributed by atoms with Gasteiger partial charge < -0.3 is 4.74 Å². The topological polar surface area (TPSA) is 68.6 Å². The number of aryl methyl sites for hydroxylation is 1. The zero-order valence-corrected chi connectivity index (χ0v) is 22.5. The molecule has 0 spiro atoms. The summed E-state index contributed by atoms with van der Waals surface area (Å²) in [7, 11) is -2.87. The zero-order valence-electron chi connectivity index (χ0n) is 21.6. The Morgan fingerprint density at radius 1 is 1.00 bits per heavy atom. The van der Waals surface area contributed by atoms with Crippen molar-refractivity contribution in [2.24, 2.45) is 0 Å². The molecule has 0 radical (unpaired) electrons. The molecule has 0 saturated heterocycles. The molecule has 6 rings (SSSR count). The highest BCUT2D eigenvalue weighted by atomic mass is 32.2. The van der Waals surface area contributed by atoms with E-state index in [1.54, 1.807) is 48.6 Å². The van der Waals surface area contributed by atoms with Gasteiger partial charge in [-0.2, -0.15) is 13.2 Å². The van der Waals surface area contributed by atoms with Crippen LogP contribution in [0.2, 0.25) is 0 Å². The average molecular weight is 567 g/mol. The maximum Gasteiger partial charge on any atom is 0.416 e. The lowest BCUT2D eigenvalue weighted by Gasteiger charge is -2.45. The van der Waals surface area contributed by atoms with Crippen LogP contribution in [0.3, 0.4) is 0 Å². The Bertz CT molecular complexity index is 1770. The van der Waals surface area contributed by atoms with Crippen molar-refractivity contribution in [3.63, 3.8) is 0 Å². The van der Waals surface area contributed by atoms with E-state index in [9.17, 15) is 26.4 Å². The predicted molar refractivity (Wildman–Crippen MR) is 143 cm³/mol. The molecule has 3 heterocycles. The molecule has 0 saturated carbocycles. The van der Waals surface area contributed by atoms with E-state index in [1.165, 1.54) is 35.3 Å². The molecule has 2 atom stereocenters. The van der Waals surface area contributed by atoms with Crippen molar-refractivity contribution < 1.29 is 31.1 Å². The number of hydrogen-bond acceptors (Lipinski definition) is 5. The summed E-state index contributed by atoms with van der Waals surface area (Å²) in [5, 5.41) is 0.647. The van der Waals surface area contributed by atoms with Crippen molar-refractivity contribution in [2.45, 2.75) is 36.0 Å². The van der Waals surface area contributed by atoms with E-state index in [-0.39, 0.29) is 17.9 Å². The Morgan fingerprint density at radius 2 is 1.68 bits per heavy atom. The van der Waals surface area contributed by atoms with Crippen LogP contribution in [0.25, 0.3) is 10.9 Å². The van der Waals surface area contributed by atoms with Gasteiger partial charge in [-0.3, -0.25) is 4.90 Å². The highest BCUT2D eigenvalue weighted by Gasteiger charge is 2.55. The molecule has 4 aromatic rings. The highest BCUT2D eigenvalue weighted by Crippen LogP contribution is 2.50. The van der Waals surface area contributed by atoms with Crippen LogP contribution in [-0.4, -0.2) is 42.5 Å². The Balaban J connectivity index is 1.68. The molecule has 2 aliphatic rings. The monoisotopic (exact) mass is 566 g/mol. The predicted octanol–water partition coefficient (Wildman–Crippen LogP) is 5.63. The van der Waals surface area contributed by atoms with Gasteiger partial charge in [0.25, 0.3) is 10.0 Å². The van der Waals surface area contributed by atoms with Gasteiger partial charge in [0, 0.05) is 18.4 Å². The lowest BCUT2D eigenvalue weighted by atomic mass is 9.80. The molecule has 40 heavy (non-hydrogen) atoms. The minimum atomic E-state index is -4.54. The van der Waals surface area contributed by atoms with E-state index >= 15 is 0 Å². The van der Waals surface area contributed by atoms with Gasteiger partial charge in [0.2, 0.25) is 0 Å². The molecular weight excluding hydrogens is 541 g/mol. The lowest BCUT2D eigenvalue weighted by Crippen LogP contribution is -2.57. The summed E-state index contributed by atoms with van der Waals surface area (Å²) in [6.45, 7) is 2.13. The van der Waals surface area contributed by atoms with Crippen LogP contribution in [0.1, 0.15) is 34.0 Å². The van der Waals surface area contributed by atoms with Gasteiger partial charge in [-0.25, -0.2) is 17.2 Å². The number of rotatable bonds is 4. The molecule has 6 nitrogen and oxygen atoms in total. The van der Waals surface area contributed by atoms with Crippen molar-refractivity contribution in [1.29, 1.82) is 0 Å². The van der Waals surface area contributed by atoms with Crippen molar-refractivity contribution >= 4 is 26.9 Å². The molecule has 0 bridgehead atoms. The van der Waals surface area contributed by atoms with Gasteiger partial charge in [0.05, 0.1) is 34.8 Å². The summed E-state index contributed by atoms with van der Waals surface area (Å²) < 4.78 is 75.4. The molecule has 0 aliphatic carbocycles. The van der Waals surface area contributed by atoms with E-state index in [1.807, 2.05) is 11.8 Å². The third-order valence-corrected chi connectivity index (χ3v) is 9.59. The molecule has 0 fully saturated rings. The summed E-state index contributed by atoms with van der Waals surface area (Å²) in [5.74, 6) is -0.526. The number of carbonyl (C=O) groups is 1. The molecule has 2 aliphatic heterocycles. The minimum absolute atomic E-state index is 0.0807. The largest absolute Gasteiger partial charge is 0.467 e. The molecule has 3 aromatic carbocycles. The number of aromatic nitrogens is 1. The van der Waals surface area contributed by atoms with Gasteiger partial charge in [-0.05, 0) is 48.4 Å². The van der Waals surface area contributed by atoms with Gasteiger partial charge in [-0.1, -0.05) is 60.2 Å². The summed E-state index contributed by atoms with van der Waals surface area (Å²) in [5.41, 5.74) is 0.696. The average Bonchev–Trinajstić information content (AvgIpc) is 3.51. The van der Waals surface area contributed by atoms with Gasteiger partial charge in [0.1, 0.15) is 5.54 Å². The molecule has 206 valence electrons. The molecule has 0 N–H and O–H groups in total. The third kappa shape index (κ3) is 3.81. The molecule has 0 unspecified atom stereocenters. The number of para-hydroxylation sites is 1. The summed E-state index contributed by atoms with van der Waals surface area (Å²) in [6.07, 6.45) is -0.842. The van der Waals surface area contributed by atoms with Crippen LogP contribution in [0.4, 0.5) is 13.2 Å². The lowest BCUT2D eigenvalue weighted by molar-refractivity contribution is -0.152. The van der Waals surface area contributed by atoms with Gasteiger partial charge in [0.15, 0.2) is 0 Å². The van der Waals surface area contributed by atoms with Crippen LogP contribution >= 0.6 is 0 Å². The fourth-order valence-electron chi connectivity index (χ4n) is 5.99. The van der Waals surface area contributed by atoms with Gasteiger partial charge >= 0.3 is 12.1 Å². The Labute approximate surface area is 229 Å². The van der Waals surface area contributed by atoms with E-state index in [4.69, 9.17) is 4.74 Å². The number of ether oxygens (including phenoxy) is 1. The number of hydrogen-bond donors (Lipinski definition) is 0. The highest BCUT2D eigenvalue weighted by molar-refractivity contribution is 7.90. The van der Waals surface area contributed by atoms with Crippen LogP contribution in [0.5, 0.6) is 0 Å². The number of esters is 1. The third-order valence-electron chi connectivity index (χ3n) is 7.85. The number of fused-ring (bicyclic) bond motifs is 4. The summed E-state index contributed by atoms with van der Waals surface area (Å²) in [6, 6.07) is 17.3. The second-order valence-electron chi connectivity index (χ2n) is 10.1. The van der Waals surface area contributed by atoms with Gasteiger partial charge in [-0.15, -0.1) is 0 Å². The summed E-state index contributed by atoms with van der Waals surface area (Å²) in [4.78, 5) is 15.2. The van der Waals surface area contributed by atoms with E-state index < -0.39 is 39.3 Å². The first-order chi connectivity index (χ1) is 19.0. The van der Waals surface area contributed by atoms with E-state index in [0.29, 0.717) is 27.7 Å². The number of alkyl halides is 3. The normalized spacial score (nSPS) is 20.9. The van der Waals surface area contributed by atoms with Crippen LogP contribution in [0.15, 0.2) is 89.8 Å². The minimum Gasteiger partial charge on any atom is -0.467 e. The Morgan fingerprint density at radius 3 is 2.33 bits per heavy atom. The van der Waals surface area contributed by atoms with Crippen LogP contribution in [-0.2, 0) is 32.2 Å².